The molecule has 3 N–H and O–H groups in total. The van der Waals surface area contributed by atoms with Crippen LogP contribution in [0.25, 0.3) is 11.0 Å². The number of benzene rings is 1. The van der Waals surface area contributed by atoms with Gasteiger partial charge in [0.25, 0.3) is 5.91 Å². The third-order valence-electron chi connectivity index (χ3n) is 4.76. The highest BCUT2D eigenvalue weighted by molar-refractivity contribution is 7.98. The summed E-state index contributed by atoms with van der Waals surface area (Å²) in [7, 11) is 0. The number of aromatic nitrogens is 3. The molecule has 0 fully saturated rings. The largest absolute Gasteiger partial charge is 0.479 e. The first-order valence-corrected chi connectivity index (χ1v) is 10.8. The second-order valence-electron chi connectivity index (χ2n) is 6.86. The molecule has 0 aliphatic carbocycles. The lowest BCUT2D eigenvalue weighted by atomic mass is 10.0. The van der Waals surface area contributed by atoms with E-state index in [-0.39, 0.29) is 18.8 Å². The number of nitrogens with two attached hydrogens (primary N) is 1. The topological polar surface area (TPSA) is 137 Å². The molecule has 0 unspecified atom stereocenters. The normalized spacial score (nSPS) is 11.0. The van der Waals surface area contributed by atoms with E-state index < -0.39 is 30.1 Å². The van der Waals surface area contributed by atoms with Crippen molar-refractivity contribution in [1.29, 1.82) is 0 Å². The SMILES string of the molecule is CCc1c(CC(=O)C(N)=O)c2c(OCC(=O)O)nc(SC)nc2n1Cc1cccc(F)c1. The number of thioether (sulfide) groups is 1. The molecule has 0 radical (unpaired) electrons. The van der Waals surface area contributed by atoms with E-state index >= 15 is 0 Å². The Labute approximate surface area is 186 Å². The van der Waals surface area contributed by atoms with Crippen molar-refractivity contribution in [2.45, 2.75) is 31.5 Å². The molecule has 1 aromatic carbocycles. The number of fused-ring (bicyclic) bond motifs is 1. The van der Waals surface area contributed by atoms with Gasteiger partial charge in [0.05, 0.1) is 5.39 Å². The van der Waals surface area contributed by atoms with E-state index in [4.69, 9.17) is 15.6 Å². The number of carboxylic acid groups (broad SMARTS) is 1. The number of aliphatic carboxylic acids is 1. The highest BCUT2D eigenvalue weighted by atomic mass is 32.2. The van der Waals surface area contributed by atoms with Gasteiger partial charge in [-0.2, -0.15) is 4.98 Å². The Kier molecular flexibility index (Phi) is 7.08. The van der Waals surface area contributed by atoms with Gasteiger partial charge in [0.2, 0.25) is 11.7 Å². The van der Waals surface area contributed by atoms with Crippen molar-refractivity contribution >= 4 is 40.5 Å². The Morgan fingerprint density at radius 2 is 2.03 bits per heavy atom. The van der Waals surface area contributed by atoms with Crippen LogP contribution >= 0.6 is 11.8 Å². The number of ketones is 1. The maximum atomic E-state index is 13.8. The lowest BCUT2D eigenvalue weighted by Crippen LogP contribution is -2.25. The minimum Gasteiger partial charge on any atom is -0.479 e. The summed E-state index contributed by atoms with van der Waals surface area (Å²) in [5.74, 6) is -3.52. The van der Waals surface area contributed by atoms with E-state index in [1.165, 1.54) is 23.9 Å². The van der Waals surface area contributed by atoms with Crippen LogP contribution in [-0.4, -0.2) is 50.2 Å². The van der Waals surface area contributed by atoms with Crippen LogP contribution in [0.4, 0.5) is 4.39 Å². The van der Waals surface area contributed by atoms with Gasteiger partial charge >= 0.3 is 5.97 Å². The number of amides is 1. The molecule has 1 amide bonds. The number of carbonyl (C=O) groups is 3. The van der Waals surface area contributed by atoms with Crippen LogP contribution in [0, 0.1) is 5.82 Å². The molecule has 0 aliphatic heterocycles. The van der Waals surface area contributed by atoms with Gasteiger partial charge in [0.15, 0.2) is 11.8 Å². The van der Waals surface area contributed by atoms with Gasteiger partial charge in [-0.25, -0.2) is 14.2 Å². The Morgan fingerprint density at radius 1 is 1.28 bits per heavy atom. The Hall–Kier alpha value is -3.47. The van der Waals surface area contributed by atoms with E-state index in [1.807, 2.05) is 6.92 Å². The molecule has 32 heavy (non-hydrogen) atoms. The monoisotopic (exact) mass is 460 g/mol. The first-order valence-electron chi connectivity index (χ1n) is 9.62. The third kappa shape index (κ3) is 4.88. The lowest BCUT2D eigenvalue weighted by Gasteiger charge is -2.11. The van der Waals surface area contributed by atoms with Crippen LogP contribution in [0.3, 0.4) is 0 Å². The summed E-state index contributed by atoms with van der Waals surface area (Å²) in [5.41, 5.74) is 7.30. The number of halogens is 1. The van der Waals surface area contributed by atoms with E-state index in [2.05, 4.69) is 9.97 Å². The Balaban J connectivity index is 2.30. The van der Waals surface area contributed by atoms with E-state index in [1.54, 1.807) is 23.0 Å². The van der Waals surface area contributed by atoms with Crippen LogP contribution in [0.5, 0.6) is 5.88 Å². The number of Topliss-reactive ketones (excluding diaryl/α,β-unsaturated/α-hetero) is 1. The molecule has 0 saturated carbocycles. The number of ether oxygens (including phenoxy) is 1. The summed E-state index contributed by atoms with van der Waals surface area (Å²) in [4.78, 5) is 43.6. The number of hydrogen-bond donors (Lipinski definition) is 2. The third-order valence-corrected chi connectivity index (χ3v) is 5.31. The zero-order chi connectivity index (χ0) is 23.4. The van der Waals surface area contributed by atoms with E-state index in [0.717, 1.165) is 0 Å². The van der Waals surface area contributed by atoms with Gasteiger partial charge < -0.3 is 20.1 Å². The van der Waals surface area contributed by atoms with Crippen molar-refractivity contribution in [2.24, 2.45) is 5.73 Å². The number of carboxylic acids is 1. The number of primary amides is 1. The molecule has 0 spiro atoms. The highest BCUT2D eigenvalue weighted by Gasteiger charge is 2.26. The second-order valence-corrected chi connectivity index (χ2v) is 7.63. The Bertz CT molecular complexity index is 1210. The van der Waals surface area contributed by atoms with Gasteiger partial charge in [-0.15, -0.1) is 0 Å². The number of carbonyl (C=O) groups excluding carboxylic acids is 2. The fourth-order valence-electron chi connectivity index (χ4n) is 3.46. The molecular formula is C21H21FN4O5S. The highest BCUT2D eigenvalue weighted by Crippen LogP contribution is 2.34. The zero-order valence-corrected chi connectivity index (χ0v) is 18.2. The average molecular weight is 460 g/mol. The first-order chi connectivity index (χ1) is 15.2. The summed E-state index contributed by atoms with van der Waals surface area (Å²) >= 11 is 1.23. The molecule has 0 aliphatic rings. The number of hydrogen-bond acceptors (Lipinski definition) is 7. The zero-order valence-electron chi connectivity index (χ0n) is 17.4. The van der Waals surface area contributed by atoms with Gasteiger partial charge in [-0.1, -0.05) is 30.8 Å². The molecule has 168 valence electrons. The summed E-state index contributed by atoms with van der Waals surface area (Å²) < 4.78 is 21.0. The van der Waals surface area contributed by atoms with Gasteiger partial charge in [0, 0.05) is 18.7 Å². The maximum Gasteiger partial charge on any atom is 0.341 e. The van der Waals surface area contributed by atoms with Gasteiger partial charge in [-0.3, -0.25) is 9.59 Å². The van der Waals surface area contributed by atoms with Crippen molar-refractivity contribution in [3.05, 3.63) is 46.9 Å². The summed E-state index contributed by atoms with van der Waals surface area (Å²) in [5, 5.41) is 9.71. The van der Waals surface area contributed by atoms with Crippen molar-refractivity contribution in [2.75, 3.05) is 12.9 Å². The average Bonchev–Trinajstić information content (AvgIpc) is 3.04. The van der Waals surface area contributed by atoms with E-state index in [0.29, 0.717) is 39.4 Å². The summed E-state index contributed by atoms with van der Waals surface area (Å²) in [6.07, 6.45) is 1.87. The van der Waals surface area contributed by atoms with Crippen LogP contribution < -0.4 is 10.5 Å². The van der Waals surface area contributed by atoms with Crippen molar-refractivity contribution in [3.8, 4) is 5.88 Å². The standard InChI is InChI=1S/C21H21FN4O5S/c1-3-14-13(8-15(27)18(23)30)17-19(26(14)9-11-5-4-6-12(22)7-11)24-21(32-2)25-20(17)31-10-16(28)29/h4-7H,3,8-10H2,1-2H3,(H2,23,30)(H,28,29). The molecule has 2 heterocycles. The summed E-state index contributed by atoms with van der Waals surface area (Å²) in [6.45, 7) is 1.43. The Morgan fingerprint density at radius 3 is 2.62 bits per heavy atom. The van der Waals surface area contributed by atoms with Crippen molar-refractivity contribution in [1.82, 2.24) is 14.5 Å². The quantitative estimate of drug-likeness (QED) is 0.266. The number of nitrogens with zero attached hydrogens (tertiary/aromatic N) is 3. The lowest BCUT2D eigenvalue weighted by molar-refractivity contribution is -0.139. The van der Waals surface area contributed by atoms with Crippen LogP contribution in [0.2, 0.25) is 0 Å². The maximum absolute atomic E-state index is 13.8. The van der Waals surface area contributed by atoms with Crippen LogP contribution in [0.1, 0.15) is 23.7 Å². The molecule has 0 atom stereocenters. The molecular weight excluding hydrogens is 439 g/mol. The second kappa shape index (κ2) is 9.77. The molecule has 0 saturated heterocycles. The van der Waals surface area contributed by atoms with Crippen LogP contribution in [0.15, 0.2) is 29.4 Å². The molecule has 9 nitrogen and oxygen atoms in total. The molecule has 3 rings (SSSR count). The number of rotatable bonds is 10. The first kappa shape index (κ1) is 23.2. The fraction of sp³-hybridized carbons (Fsp3) is 0.286. The van der Waals surface area contributed by atoms with Gasteiger partial charge in [0.1, 0.15) is 11.5 Å². The molecule has 2 aromatic heterocycles. The predicted octanol–water partition coefficient (Wildman–Crippen LogP) is 1.96. The predicted molar refractivity (Wildman–Crippen MR) is 115 cm³/mol. The van der Waals surface area contributed by atoms with Crippen LogP contribution in [-0.2, 0) is 33.8 Å². The molecule has 3 aromatic rings. The van der Waals surface area contributed by atoms with Crippen molar-refractivity contribution < 1.29 is 28.6 Å². The smallest absolute Gasteiger partial charge is 0.341 e. The molecule has 11 heteroatoms. The van der Waals surface area contributed by atoms with Crippen molar-refractivity contribution in [3.63, 3.8) is 0 Å². The fourth-order valence-corrected chi connectivity index (χ4v) is 3.81. The minimum absolute atomic E-state index is 0.0123. The summed E-state index contributed by atoms with van der Waals surface area (Å²) in [6, 6.07) is 6.06. The van der Waals surface area contributed by atoms with E-state index in [9.17, 15) is 18.8 Å². The molecule has 0 bridgehead atoms. The van der Waals surface area contributed by atoms with Gasteiger partial charge in [-0.05, 0) is 35.9 Å². The minimum atomic E-state index is -1.20.